The van der Waals surface area contributed by atoms with Crippen LogP contribution in [0.1, 0.15) is 24.8 Å². The second kappa shape index (κ2) is 10.5. The van der Waals surface area contributed by atoms with Gasteiger partial charge in [-0.15, -0.1) is 0 Å². The Bertz CT molecular complexity index is 1170. The van der Waals surface area contributed by atoms with Crippen molar-refractivity contribution in [3.8, 4) is 11.3 Å². The maximum atomic E-state index is 13.4. The molecule has 2 N–H and O–H groups in total. The monoisotopic (exact) mass is 465 g/mol. The van der Waals surface area contributed by atoms with Gasteiger partial charge in [0.2, 0.25) is 5.91 Å². The second-order valence-electron chi connectivity index (χ2n) is 8.08. The van der Waals surface area contributed by atoms with Gasteiger partial charge in [-0.3, -0.25) is 4.79 Å². The van der Waals surface area contributed by atoms with Gasteiger partial charge >= 0.3 is 0 Å². The van der Waals surface area contributed by atoms with Crippen molar-refractivity contribution >= 4 is 35.4 Å². The fourth-order valence-electron chi connectivity index (χ4n) is 3.99. The zero-order valence-electron chi connectivity index (χ0n) is 18.3. The largest absolute Gasteiger partial charge is 0.366 e. The van der Waals surface area contributed by atoms with E-state index >= 15 is 0 Å². The second-order valence-corrected chi connectivity index (χ2v) is 8.48. The molecule has 0 bridgehead atoms. The first-order valence-electron chi connectivity index (χ1n) is 10.9. The van der Waals surface area contributed by atoms with Crippen LogP contribution in [-0.2, 0) is 11.3 Å². The van der Waals surface area contributed by atoms with E-state index in [2.05, 4.69) is 25.6 Å². The Morgan fingerprint density at radius 2 is 2.09 bits per heavy atom. The molecule has 33 heavy (non-hydrogen) atoms. The Balaban J connectivity index is 1.46. The molecule has 1 amide bonds. The first kappa shape index (κ1) is 22.9. The summed E-state index contributed by atoms with van der Waals surface area (Å²) in [7, 11) is 1.67. The molecule has 0 radical (unpaired) electrons. The number of hydrogen-bond acceptors (Lipinski definition) is 5. The maximum Gasteiger partial charge on any atom is 0.222 e. The highest BCUT2D eigenvalue weighted by atomic mass is 35.5. The van der Waals surface area contributed by atoms with Gasteiger partial charge < -0.3 is 10.6 Å². The molecule has 4 rings (SSSR count). The molecule has 170 valence electrons. The fourth-order valence-corrected chi connectivity index (χ4v) is 4.19. The lowest BCUT2D eigenvalue weighted by Crippen LogP contribution is -2.25. The Morgan fingerprint density at radius 1 is 1.24 bits per heavy atom. The number of hydrogen-bond donors (Lipinski definition) is 2. The number of nitrogens with zero attached hydrogens (tertiary/aromatic N) is 3. The van der Waals surface area contributed by atoms with Gasteiger partial charge in [-0.1, -0.05) is 29.8 Å². The van der Waals surface area contributed by atoms with Crippen molar-refractivity contribution in [3.05, 3.63) is 71.1 Å². The third-order valence-electron chi connectivity index (χ3n) is 5.74. The molecule has 1 aliphatic rings. The van der Waals surface area contributed by atoms with Crippen molar-refractivity contribution in [1.82, 2.24) is 15.3 Å². The SMILES string of the molecule is CNC(=O)[C@@H]1CCC(C=Nc2cc(-c3cccc(NCc4cccc(F)c4)n3)c(Cl)cn2)C1. The summed E-state index contributed by atoms with van der Waals surface area (Å²) in [5.41, 5.74) is 2.23. The molecule has 2 heterocycles. The molecular weight excluding hydrogens is 441 g/mol. The summed E-state index contributed by atoms with van der Waals surface area (Å²) in [6, 6.07) is 13.8. The normalized spacial score (nSPS) is 17.9. The van der Waals surface area contributed by atoms with E-state index in [1.54, 1.807) is 19.3 Å². The number of halogens is 2. The van der Waals surface area contributed by atoms with Crippen LogP contribution >= 0.6 is 11.6 Å². The fraction of sp³-hybridized carbons (Fsp3) is 0.280. The van der Waals surface area contributed by atoms with Crippen LogP contribution in [0.5, 0.6) is 0 Å². The molecule has 6 nitrogen and oxygen atoms in total. The first-order valence-corrected chi connectivity index (χ1v) is 11.3. The zero-order chi connectivity index (χ0) is 23.2. The van der Waals surface area contributed by atoms with Crippen molar-refractivity contribution in [2.24, 2.45) is 16.8 Å². The minimum Gasteiger partial charge on any atom is -0.366 e. The summed E-state index contributed by atoms with van der Waals surface area (Å²) in [6.45, 7) is 0.451. The average molecular weight is 466 g/mol. The van der Waals surface area contributed by atoms with E-state index in [9.17, 15) is 9.18 Å². The number of aliphatic imine (C=N–C) groups is 1. The summed E-state index contributed by atoms with van der Waals surface area (Å²) in [6.07, 6.45) is 6.05. The van der Waals surface area contributed by atoms with Crippen LogP contribution in [0.2, 0.25) is 5.02 Å². The number of carbonyl (C=O) groups excluding carboxylic acids is 1. The van der Waals surface area contributed by atoms with E-state index in [0.717, 1.165) is 30.4 Å². The smallest absolute Gasteiger partial charge is 0.222 e. The minimum absolute atomic E-state index is 0.0482. The van der Waals surface area contributed by atoms with Gasteiger partial charge in [-0.25, -0.2) is 19.4 Å². The molecule has 1 unspecified atom stereocenters. The van der Waals surface area contributed by atoms with Crippen LogP contribution in [0.3, 0.4) is 0 Å². The predicted molar refractivity (Wildman–Crippen MR) is 129 cm³/mol. The van der Waals surface area contributed by atoms with Crippen molar-refractivity contribution in [1.29, 1.82) is 0 Å². The highest BCUT2D eigenvalue weighted by Gasteiger charge is 2.28. The lowest BCUT2D eigenvalue weighted by atomic mass is 10.1. The lowest BCUT2D eigenvalue weighted by Gasteiger charge is -2.09. The quantitative estimate of drug-likeness (QED) is 0.457. The highest BCUT2D eigenvalue weighted by Crippen LogP contribution is 2.32. The topological polar surface area (TPSA) is 79.3 Å². The molecule has 0 saturated heterocycles. The molecule has 2 atom stereocenters. The van der Waals surface area contributed by atoms with Crippen molar-refractivity contribution in [3.63, 3.8) is 0 Å². The third-order valence-corrected chi connectivity index (χ3v) is 6.04. The first-order chi connectivity index (χ1) is 16.0. The van der Waals surface area contributed by atoms with Crippen LogP contribution in [0.15, 0.2) is 59.7 Å². The lowest BCUT2D eigenvalue weighted by molar-refractivity contribution is -0.124. The van der Waals surface area contributed by atoms with E-state index in [-0.39, 0.29) is 23.6 Å². The van der Waals surface area contributed by atoms with Crippen LogP contribution < -0.4 is 10.6 Å². The zero-order valence-corrected chi connectivity index (χ0v) is 19.0. The van der Waals surface area contributed by atoms with E-state index in [0.29, 0.717) is 28.9 Å². The number of rotatable bonds is 7. The molecule has 1 aliphatic carbocycles. The number of nitrogens with one attached hydrogen (secondary N) is 2. The summed E-state index contributed by atoms with van der Waals surface area (Å²) < 4.78 is 13.4. The van der Waals surface area contributed by atoms with Crippen LogP contribution in [0, 0.1) is 17.7 Å². The Hall–Kier alpha value is -3.32. The predicted octanol–water partition coefficient (Wildman–Crippen LogP) is 5.41. The van der Waals surface area contributed by atoms with Gasteiger partial charge in [0.05, 0.1) is 10.7 Å². The molecule has 2 aromatic heterocycles. The summed E-state index contributed by atoms with van der Waals surface area (Å²) >= 11 is 6.41. The number of benzene rings is 1. The molecule has 0 aliphatic heterocycles. The third kappa shape index (κ3) is 5.93. The van der Waals surface area contributed by atoms with Crippen LogP contribution in [0.4, 0.5) is 16.0 Å². The van der Waals surface area contributed by atoms with Gasteiger partial charge in [0.1, 0.15) is 11.6 Å². The van der Waals surface area contributed by atoms with Crippen LogP contribution in [0.25, 0.3) is 11.3 Å². The average Bonchev–Trinajstić information content (AvgIpc) is 3.31. The minimum atomic E-state index is -0.269. The Kier molecular flexibility index (Phi) is 7.29. The summed E-state index contributed by atoms with van der Waals surface area (Å²) in [5.74, 6) is 1.32. The van der Waals surface area contributed by atoms with E-state index in [1.807, 2.05) is 36.5 Å². The number of amides is 1. The van der Waals surface area contributed by atoms with Crippen molar-refractivity contribution in [2.75, 3.05) is 12.4 Å². The van der Waals surface area contributed by atoms with E-state index < -0.39 is 0 Å². The number of carbonyl (C=O) groups is 1. The van der Waals surface area contributed by atoms with Gasteiger partial charge in [0, 0.05) is 37.5 Å². The molecule has 1 fully saturated rings. The molecule has 8 heteroatoms. The molecular formula is C25H25ClFN5O. The van der Waals surface area contributed by atoms with Gasteiger partial charge in [-0.05, 0) is 61.1 Å². The van der Waals surface area contributed by atoms with Crippen LogP contribution in [-0.4, -0.2) is 29.1 Å². The van der Waals surface area contributed by atoms with E-state index in [1.165, 1.54) is 12.1 Å². The number of pyridine rings is 2. The standard InChI is InChI=1S/C25H25ClFN5O/c1-28-25(33)18-9-8-17(10-18)14-30-24-12-20(21(26)15-31-24)22-6-3-7-23(32-22)29-13-16-4-2-5-19(27)11-16/h2-7,11-12,14-15,17-18H,8-10,13H2,1H3,(H,28,33)(H,29,32)/t17?,18-/m1/s1. The van der Waals surface area contributed by atoms with Gasteiger partial charge in [0.15, 0.2) is 5.82 Å². The van der Waals surface area contributed by atoms with Crippen molar-refractivity contribution in [2.45, 2.75) is 25.8 Å². The van der Waals surface area contributed by atoms with Gasteiger partial charge in [-0.2, -0.15) is 0 Å². The molecule has 0 spiro atoms. The molecule has 3 aromatic rings. The molecule has 1 aromatic carbocycles. The maximum absolute atomic E-state index is 13.4. The molecule has 1 saturated carbocycles. The summed E-state index contributed by atoms with van der Waals surface area (Å²) in [5, 5.41) is 6.41. The van der Waals surface area contributed by atoms with Crippen molar-refractivity contribution < 1.29 is 9.18 Å². The Morgan fingerprint density at radius 3 is 2.91 bits per heavy atom. The highest BCUT2D eigenvalue weighted by molar-refractivity contribution is 6.33. The number of anilines is 1. The summed E-state index contributed by atoms with van der Waals surface area (Å²) in [4.78, 5) is 25.3. The Labute approximate surface area is 197 Å². The van der Waals surface area contributed by atoms with Gasteiger partial charge in [0.25, 0.3) is 0 Å². The van der Waals surface area contributed by atoms with E-state index in [4.69, 9.17) is 11.6 Å². The number of aromatic nitrogens is 2.